The maximum Gasteiger partial charge on any atom is 0.244 e. The molecule has 0 fully saturated rings. The molecule has 1 aromatic heterocycles. The van der Waals surface area contributed by atoms with E-state index < -0.39 is 0 Å². The van der Waals surface area contributed by atoms with E-state index in [-0.39, 0.29) is 40.1 Å². The number of hydrogen-bond donors (Lipinski definition) is 1. The molecule has 0 saturated heterocycles. The molecule has 3 nitrogen and oxygen atoms in total. The van der Waals surface area contributed by atoms with E-state index >= 15 is 0 Å². The molecule has 0 bridgehead atoms. The van der Waals surface area contributed by atoms with Gasteiger partial charge in [0.25, 0.3) is 0 Å². The van der Waals surface area contributed by atoms with Crippen LogP contribution in [0.25, 0.3) is 0 Å². The Morgan fingerprint density at radius 1 is 1.55 bits per heavy atom. The van der Waals surface area contributed by atoms with Gasteiger partial charge in [-0.05, 0) is 6.92 Å². The molecule has 1 unspecified atom stereocenters. The number of imidazole rings is 1. The molecule has 0 amide bonds. The molecular weight excluding hydrogens is 274 g/mol. The Hall–Kier alpha value is 0.130. The van der Waals surface area contributed by atoms with Gasteiger partial charge >= 0.3 is 0 Å². The van der Waals surface area contributed by atoms with Gasteiger partial charge in [-0.2, -0.15) is 0 Å². The van der Waals surface area contributed by atoms with Gasteiger partial charge in [0.15, 0.2) is 0 Å². The van der Waals surface area contributed by atoms with E-state index in [1.54, 1.807) is 0 Å². The van der Waals surface area contributed by atoms with Crippen molar-refractivity contribution in [3.63, 3.8) is 0 Å². The van der Waals surface area contributed by atoms with Crippen molar-refractivity contribution in [2.45, 2.75) is 13.1 Å². The minimum absolute atomic E-state index is 0. The highest BCUT2D eigenvalue weighted by atomic mass is 79.9. The van der Waals surface area contributed by atoms with Crippen LogP contribution in [0.3, 0.4) is 0 Å². The first-order valence-corrected chi connectivity index (χ1v) is 2.98. The Morgan fingerprint density at radius 2 is 2.09 bits per heavy atom. The molecule has 5 heteroatoms. The fourth-order valence-electron chi connectivity index (χ4n) is 0.710. The molecule has 2 N–H and O–H groups in total. The number of aryl methyl sites for hydroxylation is 1. The van der Waals surface area contributed by atoms with Gasteiger partial charge in [-0.15, -0.1) is 17.0 Å². The summed E-state index contributed by atoms with van der Waals surface area (Å²) in [5, 5.41) is 0. The Kier molecular flexibility index (Phi) is 7.15. The average Bonchev–Trinajstić information content (AvgIpc) is 2.14. The predicted octanol–water partition coefficient (Wildman–Crippen LogP) is -2.63. The lowest BCUT2D eigenvalue weighted by molar-refractivity contribution is -0.671. The highest BCUT2D eigenvalue weighted by molar-refractivity contribution is 8.93. The van der Waals surface area contributed by atoms with Crippen LogP contribution in [0.1, 0.15) is 13.1 Å². The van der Waals surface area contributed by atoms with Gasteiger partial charge in [0.05, 0.1) is 7.05 Å². The van der Waals surface area contributed by atoms with Gasteiger partial charge in [-0.1, -0.05) is 0 Å². The molecule has 1 heterocycles. The minimum atomic E-state index is 0. The van der Waals surface area contributed by atoms with Gasteiger partial charge in [0.2, 0.25) is 6.33 Å². The first kappa shape index (κ1) is 13.7. The van der Waals surface area contributed by atoms with Crippen LogP contribution in [0.15, 0.2) is 18.7 Å². The Labute approximate surface area is 87.7 Å². The second kappa shape index (κ2) is 5.74. The van der Waals surface area contributed by atoms with Crippen LogP contribution >= 0.6 is 17.0 Å². The smallest absolute Gasteiger partial charge is 0.244 e. The van der Waals surface area contributed by atoms with Gasteiger partial charge in [0.1, 0.15) is 18.6 Å². The zero-order valence-electron chi connectivity index (χ0n) is 6.57. The summed E-state index contributed by atoms with van der Waals surface area (Å²) >= 11 is 0. The van der Waals surface area contributed by atoms with Gasteiger partial charge < -0.3 is 17.0 Å². The largest absolute Gasteiger partial charge is 1.00 e. The molecule has 0 saturated carbocycles. The summed E-state index contributed by atoms with van der Waals surface area (Å²) in [5.74, 6) is 0. The molecular formula is C6H13Br2N3. The first-order valence-electron chi connectivity index (χ1n) is 2.98. The lowest BCUT2D eigenvalue weighted by Gasteiger charge is -1.96. The zero-order chi connectivity index (χ0) is 6.85. The molecule has 0 spiro atoms. The van der Waals surface area contributed by atoms with Crippen molar-refractivity contribution in [3.8, 4) is 0 Å². The topological polar surface area (TPSA) is 34.8 Å². The normalized spacial score (nSPS) is 11.2. The van der Waals surface area contributed by atoms with E-state index in [9.17, 15) is 0 Å². The number of aromatic nitrogens is 2. The third kappa shape index (κ3) is 3.88. The number of hydrogen-bond acceptors (Lipinski definition) is 1. The molecule has 1 rings (SSSR count). The average molecular weight is 287 g/mol. The summed E-state index contributed by atoms with van der Waals surface area (Å²) in [5.41, 5.74) is 5.58. The standard InChI is InChI=1S/C6H12N3.2BrH/c1-6(7)9-4-3-8(2)5-9;;/h3-6H,7H2,1-2H3;2*1H/q+1;;/p-1. The van der Waals surface area contributed by atoms with Crippen molar-refractivity contribution in [2.24, 2.45) is 12.8 Å². The summed E-state index contributed by atoms with van der Waals surface area (Å²) in [7, 11) is 1.97. The fourth-order valence-corrected chi connectivity index (χ4v) is 0.710. The lowest BCUT2D eigenvalue weighted by Crippen LogP contribution is -3.00. The Balaban J connectivity index is 0. The van der Waals surface area contributed by atoms with Crippen LogP contribution in [0, 0.1) is 0 Å². The van der Waals surface area contributed by atoms with E-state index in [1.165, 1.54) is 0 Å². The summed E-state index contributed by atoms with van der Waals surface area (Å²) in [6.07, 6.45) is 5.94. The van der Waals surface area contributed by atoms with Crippen molar-refractivity contribution in [2.75, 3.05) is 0 Å². The third-order valence-corrected chi connectivity index (χ3v) is 1.26. The van der Waals surface area contributed by atoms with E-state index in [1.807, 2.05) is 41.8 Å². The fraction of sp³-hybridized carbons (Fsp3) is 0.500. The van der Waals surface area contributed by atoms with Crippen molar-refractivity contribution in [3.05, 3.63) is 18.7 Å². The first-order chi connectivity index (χ1) is 4.20. The lowest BCUT2D eigenvalue weighted by atomic mass is 10.6. The maximum atomic E-state index is 5.58. The zero-order valence-corrected chi connectivity index (χ0v) is 9.87. The molecule has 0 radical (unpaired) electrons. The van der Waals surface area contributed by atoms with Gasteiger partial charge in [-0.25, -0.2) is 9.13 Å². The van der Waals surface area contributed by atoms with Crippen LogP contribution in [0.4, 0.5) is 0 Å². The van der Waals surface area contributed by atoms with E-state index in [0.717, 1.165) is 0 Å². The second-order valence-corrected chi connectivity index (χ2v) is 2.27. The number of nitrogens with zero attached hydrogens (tertiary/aromatic N) is 2. The van der Waals surface area contributed by atoms with Crippen molar-refractivity contribution in [1.29, 1.82) is 0 Å². The highest BCUT2D eigenvalue weighted by Crippen LogP contribution is 1.91. The van der Waals surface area contributed by atoms with Crippen molar-refractivity contribution >= 4 is 17.0 Å². The minimum Gasteiger partial charge on any atom is -1.00 e. The van der Waals surface area contributed by atoms with Gasteiger partial charge in [0, 0.05) is 0 Å². The molecule has 0 aromatic carbocycles. The van der Waals surface area contributed by atoms with Crippen LogP contribution in [-0.4, -0.2) is 4.57 Å². The molecule has 0 aliphatic heterocycles. The second-order valence-electron chi connectivity index (χ2n) is 2.27. The Morgan fingerprint density at radius 3 is 2.27 bits per heavy atom. The summed E-state index contributed by atoms with van der Waals surface area (Å²) in [4.78, 5) is 0. The molecule has 1 aromatic rings. The summed E-state index contributed by atoms with van der Waals surface area (Å²) in [6, 6.07) is 0. The maximum absolute atomic E-state index is 5.58. The van der Waals surface area contributed by atoms with Crippen LogP contribution in [0.5, 0.6) is 0 Å². The third-order valence-electron chi connectivity index (χ3n) is 1.26. The highest BCUT2D eigenvalue weighted by Gasteiger charge is 2.02. The van der Waals surface area contributed by atoms with E-state index in [4.69, 9.17) is 5.73 Å². The van der Waals surface area contributed by atoms with Crippen LogP contribution in [0.2, 0.25) is 0 Å². The molecule has 1 atom stereocenters. The van der Waals surface area contributed by atoms with Crippen molar-refractivity contribution < 1.29 is 21.5 Å². The number of nitrogens with two attached hydrogens (primary N) is 1. The predicted molar refractivity (Wildman–Crippen MR) is 44.8 cm³/mol. The molecule has 0 aliphatic rings. The van der Waals surface area contributed by atoms with E-state index in [0.29, 0.717) is 0 Å². The van der Waals surface area contributed by atoms with Crippen LogP contribution < -0.4 is 27.3 Å². The Bertz CT molecular complexity index is 197. The number of halogens is 2. The summed E-state index contributed by atoms with van der Waals surface area (Å²) in [6.45, 7) is 1.94. The van der Waals surface area contributed by atoms with Crippen LogP contribution in [-0.2, 0) is 7.05 Å². The molecule has 0 aliphatic carbocycles. The van der Waals surface area contributed by atoms with Gasteiger partial charge in [-0.3, -0.25) is 5.73 Å². The monoisotopic (exact) mass is 285 g/mol. The van der Waals surface area contributed by atoms with E-state index in [2.05, 4.69) is 0 Å². The summed E-state index contributed by atoms with van der Waals surface area (Å²) < 4.78 is 3.91. The van der Waals surface area contributed by atoms with Crippen molar-refractivity contribution in [1.82, 2.24) is 4.57 Å². The SMILES string of the molecule is Br.CC(N)n1cc[n+](C)c1.[Br-]. The molecule has 11 heavy (non-hydrogen) atoms. The number of rotatable bonds is 1. The quantitative estimate of drug-likeness (QED) is 0.564. The molecule has 66 valence electrons.